The molecule has 0 amide bonds. The smallest absolute Gasteiger partial charge is 0.125 e. The van der Waals surface area contributed by atoms with Crippen molar-refractivity contribution in [3.05, 3.63) is 71.3 Å². The van der Waals surface area contributed by atoms with Gasteiger partial charge in [-0.05, 0) is 170 Å². The van der Waals surface area contributed by atoms with E-state index in [0.29, 0.717) is 63.8 Å². The average Bonchev–Trinajstić information content (AvgIpc) is 3.48. The van der Waals surface area contributed by atoms with Crippen LogP contribution in [0.2, 0.25) is 0 Å². The van der Waals surface area contributed by atoms with Gasteiger partial charge in [0.2, 0.25) is 0 Å². The number of aliphatic hydroxyl groups is 1. The molecule has 0 aliphatic heterocycles. The van der Waals surface area contributed by atoms with E-state index in [-0.39, 0.29) is 18.6 Å². The van der Waals surface area contributed by atoms with Crippen molar-refractivity contribution in [1.82, 2.24) is 0 Å². The van der Waals surface area contributed by atoms with Gasteiger partial charge in [0.05, 0.1) is 6.61 Å². The average molecular weight is 713 g/mol. The molecule has 0 saturated heterocycles. The molecule has 2 aromatic rings. The molecule has 0 bridgehead atoms. The molecular weight excluding hydrogens is 645 g/mol. The minimum atomic E-state index is -0.354. The van der Waals surface area contributed by atoms with E-state index in [1.807, 2.05) is 42.5 Å². The molecule has 6 heteroatoms. The number of ether oxygens (including phenoxy) is 1. The summed E-state index contributed by atoms with van der Waals surface area (Å²) < 4.78 is 6.03. The standard InChI is InChI=1S/C46H68N2O4/c1-7-33(29(2)3)11-8-30(4)40-14-15-41-39-13-12-36-25-34(18-20-45(36,5)42(39)19-21-46(40,41)6)44(52-50)17-10-31-9-16-43(35(22-31)27-49)51-28-32-23-37(47)26-38(48)24-32/h8-11,16-17,22-24,26,29-30,33-34,36,39-42,44,49-50H,7,12-15,18-21,25,27-28,47-48H2,1-6H3/b11-8+,17-10+. The van der Waals surface area contributed by atoms with Crippen LogP contribution in [0.1, 0.15) is 122 Å². The van der Waals surface area contributed by atoms with Gasteiger partial charge >= 0.3 is 0 Å². The van der Waals surface area contributed by atoms with Crippen LogP contribution in [0.5, 0.6) is 5.75 Å². The first-order valence-corrected chi connectivity index (χ1v) is 20.6. The van der Waals surface area contributed by atoms with E-state index >= 15 is 0 Å². The number of aliphatic hydroxyl groups excluding tert-OH is 1. The molecule has 6 rings (SSSR count). The van der Waals surface area contributed by atoms with Crippen LogP contribution in [-0.2, 0) is 18.1 Å². The lowest BCUT2D eigenvalue weighted by atomic mass is 9.44. The zero-order valence-electron chi connectivity index (χ0n) is 32.9. The van der Waals surface area contributed by atoms with Gasteiger partial charge in [0, 0.05) is 16.9 Å². The number of benzene rings is 2. The van der Waals surface area contributed by atoms with E-state index in [4.69, 9.17) is 21.1 Å². The Hall–Kier alpha value is -2.80. The molecule has 0 spiro atoms. The van der Waals surface area contributed by atoms with Gasteiger partial charge in [0.15, 0.2) is 0 Å². The summed E-state index contributed by atoms with van der Waals surface area (Å²) in [5.41, 5.74) is 16.4. The maximum absolute atomic E-state index is 10.1. The van der Waals surface area contributed by atoms with Gasteiger partial charge in [0.25, 0.3) is 0 Å². The van der Waals surface area contributed by atoms with Gasteiger partial charge in [-0.2, -0.15) is 0 Å². The lowest BCUT2D eigenvalue weighted by molar-refractivity contribution is -0.282. The van der Waals surface area contributed by atoms with E-state index in [1.54, 1.807) is 6.07 Å². The first-order valence-electron chi connectivity index (χ1n) is 20.6. The zero-order chi connectivity index (χ0) is 37.2. The number of nitrogens with two attached hydrogens (primary N) is 2. The van der Waals surface area contributed by atoms with Crippen LogP contribution in [0.3, 0.4) is 0 Å². The van der Waals surface area contributed by atoms with Crippen LogP contribution in [0.25, 0.3) is 6.08 Å². The maximum Gasteiger partial charge on any atom is 0.125 e. The molecule has 4 saturated carbocycles. The molecule has 11 atom stereocenters. The Kier molecular flexibility index (Phi) is 12.2. The normalized spacial score (nSPS) is 33.5. The molecular formula is C46H68N2O4. The molecule has 4 fully saturated rings. The number of nitrogen functional groups attached to an aromatic ring is 2. The van der Waals surface area contributed by atoms with Crippen LogP contribution < -0.4 is 16.2 Å². The second kappa shape index (κ2) is 16.3. The summed E-state index contributed by atoms with van der Waals surface area (Å²) >= 11 is 0. The van der Waals surface area contributed by atoms with E-state index < -0.39 is 0 Å². The van der Waals surface area contributed by atoms with Crippen LogP contribution in [0.15, 0.2) is 54.6 Å². The first kappa shape index (κ1) is 38.9. The summed E-state index contributed by atoms with van der Waals surface area (Å²) in [5.74, 6) is 7.00. The Labute approximate surface area is 314 Å². The number of rotatable bonds is 13. The predicted octanol–water partition coefficient (Wildman–Crippen LogP) is 10.9. The van der Waals surface area contributed by atoms with E-state index in [9.17, 15) is 10.4 Å². The van der Waals surface area contributed by atoms with Crippen LogP contribution in [0, 0.1) is 64.1 Å². The summed E-state index contributed by atoms with van der Waals surface area (Å²) in [6.45, 7) is 15.0. The van der Waals surface area contributed by atoms with Crippen molar-refractivity contribution in [2.75, 3.05) is 11.5 Å². The minimum Gasteiger partial charge on any atom is -0.489 e. The fourth-order valence-electron chi connectivity index (χ4n) is 12.2. The molecule has 4 aliphatic rings. The van der Waals surface area contributed by atoms with Crippen molar-refractivity contribution in [3.63, 3.8) is 0 Å². The van der Waals surface area contributed by atoms with Gasteiger partial charge in [-0.25, -0.2) is 4.89 Å². The number of fused-ring (bicyclic) bond motifs is 5. The third-order valence-electron chi connectivity index (χ3n) is 15.2. The highest BCUT2D eigenvalue weighted by atomic mass is 17.1. The van der Waals surface area contributed by atoms with Gasteiger partial charge in [-0.3, -0.25) is 5.26 Å². The minimum absolute atomic E-state index is 0.143. The van der Waals surface area contributed by atoms with Crippen molar-refractivity contribution in [1.29, 1.82) is 0 Å². The lowest BCUT2D eigenvalue weighted by Gasteiger charge is -2.61. The Bertz CT molecular complexity index is 1550. The predicted molar refractivity (Wildman–Crippen MR) is 214 cm³/mol. The van der Waals surface area contributed by atoms with E-state index in [2.05, 4.69) is 53.7 Å². The fraction of sp³-hybridized carbons (Fsp3) is 0.652. The Morgan fingerprint density at radius 3 is 2.29 bits per heavy atom. The highest BCUT2D eigenvalue weighted by molar-refractivity contribution is 5.55. The molecule has 286 valence electrons. The Balaban J connectivity index is 1.07. The number of hydrogen-bond acceptors (Lipinski definition) is 6. The Morgan fingerprint density at radius 2 is 1.60 bits per heavy atom. The molecule has 6 nitrogen and oxygen atoms in total. The second-order valence-corrected chi connectivity index (χ2v) is 18.2. The van der Waals surface area contributed by atoms with Crippen LogP contribution in [-0.4, -0.2) is 16.5 Å². The first-order chi connectivity index (χ1) is 24.9. The van der Waals surface area contributed by atoms with Crippen molar-refractivity contribution in [2.24, 2.45) is 64.1 Å². The summed E-state index contributed by atoms with van der Waals surface area (Å²) in [7, 11) is 0. The molecule has 0 heterocycles. The number of anilines is 2. The third kappa shape index (κ3) is 7.86. The molecule has 4 aliphatic carbocycles. The molecule has 0 radical (unpaired) electrons. The summed E-state index contributed by atoms with van der Waals surface area (Å²) in [6, 6.07) is 11.2. The highest BCUT2D eigenvalue weighted by Gasteiger charge is 2.60. The zero-order valence-corrected chi connectivity index (χ0v) is 32.9. The monoisotopic (exact) mass is 713 g/mol. The largest absolute Gasteiger partial charge is 0.489 e. The maximum atomic E-state index is 10.1. The fourth-order valence-corrected chi connectivity index (χ4v) is 12.2. The van der Waals surface area contributed by atoms with Crippen molar-refractivity contribution >= 4 is 17.5 Å². The highest BCUT2D eigenvalue weighted by Crippen LogP contribution is 2.68. The number of hydrogen-bond donors (Lipinski definition) is 4. The Morgan fingerprint density at radius 1 is 0.865 bits per heavy atom. The number of allylic oxidation sites excluding steroid dienone is 2. The molecule has 2 aromatic carbocycles. The molecule has 52 heavy (non-hydrogen) atoms. The van der Waals surface area contributed by atoms with Crippen molar-refractivity contribution in [2.45, 2.75) is 125 Å². The topological polar surface area (TPSA) is 111 Å². The summed E-state index contributed by atoms with van der Waals surface area (Å²) in [5, 5.41) is 20.3. The molecule has 0 aromatic heterocycles. The van der Waals surface area contributed by atoms with Crippen LogP contribution in [0.4, 0.5) is 11.4 Å². The summed E-state index contributed by atoms with van der Waals surface area (Å²) in [6.07, 6.45) is 21.7. The third-order valence-corrected chi connectivity index (χ3v) is 15.2. The van der Waals surface area contributed by atoms with Crippen LogP contribution >= 0.6 is 0 Å². The SMILES string of the molecule is CCC(/C=C/C(C)C1CCC2C3CCC4CC(C(/C=C/c5ccc(OCc6cc(N)cc(N)c6)c(CO)c5)OO)CCC4(C)C3CCC12C)C(C)C. The summed E-state index contributed by atoms with van der Waals surface area (Å²) in [4.78, 5) is 5.19. The van der Waals surface area contributed by atoms with E-state index in [1.165, 1.54) is 51.4 Å². The van der Waals surface area contributed by atoms with Crippen molar-refractivity contribution < 1.29 is 20.0 Å². The molecule has 11 unspecified atom stereocenters. The van der Waals surface area contributed by atoms with Gasteiger partial charge in [-0.1, -0.05) is 71.9 Å². The van der Waals surface area contributed by atoms with Gasteiger partial charge in [-0.15, -0.1) is 0 Å². The van der Waals surface area contributed by atoms with E-state index in [0.717, 1.165) is 47.6 Å². The van der Waals surface area contributed by atoms with Gasteiger partial charge < -0.3 is 21.3 Å². The lowest BCUT2D eigenvalue weighted by Crippen LogP contribution is -2.54. The van der Waals surface area contributed by atoms with Gasteiger partial charge in [0.1, 0.15) is 18.5 Å². The quantitative estimate of drug-likeness (QED) is 0.0712. The van der Waals surface area contributed by atoms with Crippen molar-refractivity contribution in [3.8, 4) is 5.75 Å². The second-order valence-electron chi connectivity index (χ2n) is 18.2. The molecule has 6 N–H and O–H groups in total.